The van der Waals surface area contributed by atoms with Crippen molar-refractivity contribution < 1.29 is 14.7 Å². The van der Waals surface area contributed by atoms with Crippen LogP contribution in [0.15, 0.2) is 12.4 Å². The minimum Gasteiger partial charge on any atom is -0.478 e. The zero-order valence-electron chi connectivity index (χ0n) is 6.31. The third-order valence-electron chi connectivity index (χ3n) is 1.21. The molecule has 0 bridgehead atoms. The number of aromatic carboxylic acids is 1. The van der Waals surface area contributed by atoms with Gasteiger partial charge in [0.05, 0.1) is 5.56 Å². The van der Waals surface area contributed by atoms with Crippen LogP contribution in [0.1, 0.15) is 27.9 Å². The van der Waals surface area contributed by atoms with E-state index in [1.165, 1.54) is 6.92 Å². The van der Waals surface area contributed by atoms with Gasteiger partial charge in [-0.1, -0.05) is 0 Å². The van der Waals surface area contributed by atoms with Crippen LogP contribution in [0.4, 0.5) is 0 Å². The van der Waals surface area contributed by atoms with Crippen molar-refractivity contribution in [1.82, 2.24) is 9.97 Å². The third-order valence-corrected chi connectivity index (χ3v) is 1.21. The molecular weight excluding hydrogens is 160 g/mol. The molecule has 12 heavy (non-hydrogen) atoms. The van der Waals surface area contributed by atoms with Crippen LogP contribution in [-0.2, 0) is 0 Å². The van der Waals surface area contributed by atoms with E-state index >= 15 is 0 Å². The van der Waals surface area contributed by atoms with Crippen LogP contribution < -0.4 is 0 Å². The molecule has 5 nitrogen and oxygen atoms in total. The molecule has 0 fully saturated rings. The lowest BCUT2D eigenvalue weighted by molar-refractivity contribution is 0.0695. The van der Waals surface area contributed by atoms with Gasteiger partial charge in [-0.3, -0.25) is 4.79 Å². The highest BCUT2D eigenvalue weighted by atomic mass is 16.4. The molecule has 0 spiro atoms. The van der Waals surface area contributed by atoms with Gasteiger partial charge in [0.25, 0.3) is 0 Å². The minimum absolute atomic E-state index is 0.0278. The molecule has 0 saturated heterocycles. The summed E-state index contributed by atoms with van der Waals surface area (Å²) >= 11 is 0. The van der Waals surface area contributed by atoms with Gasteiger partial charge in [-0.05, 0) is 0 Å². The van der Waals surface area contributed by atoms with E-state index in [1.807, 2.05) is 0 Å². The van der Waals surface area contributed by atoms with Crippen LogP contribution in [-0.4, -0.2) is 26.8 Å². The average molecular weight is 166 g/mol. The molecule has 62 valence electrons. The first kappa shape index (κ1) is 8.32. The molecule has 0 aliphatic heterocycles. The summed E-state index contributed by atoms with van der Waals surface area (Å²) in [6, 6.07) is 0. The highest BCUT2D eigenvalue weighted by Gasteiger charge is 2.06. The second-order valence-electron chi connectivity index (χ2n) is 2.16. The fourth-order valence-electron chi connectivity index (χ4n) is 0.620. The van der Waals surface area contributed by atoms with E-state index in [2.05, 4.69) is 9.97 Å². The molecule has 1 heterocycles. The van der Waals surface area contributed by atoms with Gasteiger partial charge >= 0.3 is 5.97 Å². The van der Waals surface area contributed by atoms with Gasteiger partial charge in [0, 0.05) is 19.3 Å². The quantitative estimate of drug-likeness (QED) is 0.642. The molecule has 1 aromatic heterocycles. The Morgan fingerprint density at radius 1 is 1.33 bits per heavy atom. The van der Waals surface area contributed by atoms with Crippen molar-refractivity contribution in [1.29, 1.82) is 0 Å². The summed E-state index contributed by atoms with van der Waals surface area (Å²) in [5.41, 5.74) is -0.0278. The van der Waals surface area contributed by atoms with E-state index in [0.29, 0.717) is 0 Å². The maximum atomic E-state index is 10.7. The van der Waals surface area contributed by atoms with E-state index in [9.17, 15) is 9.59 Å². The summed E-state index contributed by atoms with van der Waals surface area (Å²) in [6.45, 7) is 1.32. The molecule has 5 heteroatoms. The Morgan fingerprint density at radius 2 is 1.83 bits per heavy atom. The molecule has 0 amide bonds. The number of carboxylic acids is 1. The van der Waals surface area contributed by atoms with Crippen molar-refractivity contribution in [3.8, 4) is 0 Å². The van der Waals surface area contributed by atoms with Gasteiger partial charge in [0.1, 0.15) is 0 Å². The maximum Gasteiger partial charge on any atom is 0.338 e. The summed E-state index contributed by atoms with van der Waals surface area (Å²) in [5.74, 6) is -1.36. The average Bonchev–Trinajstić information content (AvgIpc) is 2.04. The van der Waals surface area contributed by atoms with Gasteiger partial charge in [-0.2, -0.15) is 0 Å². The molecular formula is C7H6N2O3. The normalized spacial score (nSPS) is 9.42. The monoisotopic (exact) mass is 166 g/mol. The molecule has 1 aromatic rings. The van der Waals surface area contributed by atoms with E-state index < -0.39 is 5.97 Å². The Kier molecular flexibility index (Phi) is 2.14. The Morgan fingerprint density at radius 3 is 2.17 bits per heavy atom. The number of aromatic nitrogens is 2. The topological polar surface area (TPSA) is 80.2 Å². The van der Waals surface area contributed by atoms with E-state index in [0.717, 1.165) is 12.4 Å². The largest absolute Gasteiger partial charge is 0.478 e. The first-order valence-corrected chi connectivity index (χ1v) is 3.17. The fraction of sp³-hybridized carbons (Fsp3) is 0.143. The number of nitrogens with zero attached hydrogens (tertiary/aromatic N) is 2. The lowest BCUT2D eigenvalue weighted by atomic mass is 10.3. The molecule has 0 aliphatic carbocycles. The van der Waals surface area contributed by atoms with Gasteiger partial charge < -0.3 is 5.11 Å². The zero-order chi connectivity index (χ0) is 9.14. The van der Waals surface area contributed by atoms with Crippen LogP contribution >= 0.6 is 0 Å². The van der Waals surface area contributed by atoms with Crippen molar-refractivity contribution in [3.05, 3.63) is 23.8 Å². The Labute approximate surface area is 68.1 Å². The molecule has 1 N–H and O–H groups in total. The van der Waals surface area contributed by atoms with Gasteiger partial charge in [0.15, 0.2) is 11.6 Å². The zero-order valence-corrected chi connectivity index (χ0v) is 6.31. The SMILES string of the molecule is CC(=O)c1ncc(C(=O)O)cn1. The van der Waals surface area contributed by atoms with E-state index in [-0.39, 0.29) is 17.2 Å². The van der Waals surface area contributed by atoms with Crippen molar-refractivity contribution in [2.45, 2.75) is 6.92 Å². The fourth-order valence-corrected chi connectivity index (χ4v) is 0.620. The van der Waals surface area contributed by atoms with Gasteiger partial charge in [0.2, 0.25) is 0 Å². The lowest BCUT2D eigenvalue weighted by Gasteiger charge is -1.93. The van der Waals surface area contributed by atoms with Crippen molar-refractivity contribution >= 4 is 11.8 Å². The predicted octanol–water partition coefficient (Wildman–Crippen LogP) is 0.377. The van der Waals surface area contributed by atoms with E-state index in [1.54, 1.807) is 0 Å². The van der Waals surface area contributed by atoms with Crippen molar-refractivity contribution in [2.75, 3.05) is 0 Å². The summed E-state index contributed by atoms with van der Waals surface area (Å²) in [7, 11) is 0. The standard InChI is InChI=1S/C7H6N2O3/c1-4(10)6-8-2-5(3-9-6)7(11)12/h2-3H,1H3,(H,11,12). The Hall–Kier alpha value is -1.78. The number of carboxylic acid groups (broad SMARTS) is 1. The Bertz CT molecular complexity index is 285. The molecule has 0 aromatic carbocycles. The second-order valence-corrected chi connectivity index (χ2v) is 2.16. The minimum atomic E-state index is -1.11. The number of Topliss-reactive ketones (excluding diaryl/α,β-unsaturated/α-hetero) is 1. The molecule has 0 aliphatic rings. The van der Waals surface area contributed by atoms with Crippen LogP contribution in [0.5, 0.6) is 0 Å². The lowest BCUT2D eigenvalue weighted by Crippen LogP contribution is -2.04. The van der Waals surface area contributed by atoms with Crippen LogP contribution in [0.25, 0.3) is 0 Å². The number of carbonyl (C=O) groups is 2. The summed E-state index contributed by atoms with van der Waals surface area (Å²) in [5, 5.41) is 8.45. The van der Waals surface area contributed by atoms with Gasteiger partial charge in [-0.25, -0.2) is 14.8 Å². The van der Waals surface area contributed by atoms with Crippen LogP contribution in [0.3, 0.4) is 0 Å². The maximum absolute atomic E-state index is 10.7. The second kappa shape index (κ2) is 3.08. The third kappa shape index (κ3) is 1.63. The number of hydrogen-bond donors (Lipinski definition) is 1. The van der Waals surface area contributed by atoms with Gasteiger partial charge in [-0.15, -0.1) is 0 Å². The summed E-state index contributed by atoms with van der Waals surface area (Å²) in [6.07, 6.45) is 2.21. The van der Waals surface area contributed by atoms with Crippen molar-refractivity contribution in [2.24, 2.45) is 0 Å². The van der Waals surface area contributed by atoms with E-state index in [4.69, 9.17) is 5.11 Å². The molecule has 0 unspecified atom stereocenters. The molecule has 0 saturated carbocycles. The van der Waals surface area contributed by atoms with Crippen LogP contribution in [0.2, 0.25) is 0 Å². The predicted molar refractivity (Wildman–Crippen MR) is 39.0 cm³/mol. The first-order valence-electron chi connectivity index (χ1n) is 3.17. The highest BCUT2D eigenvalue weighted by molar-refractivity contribution is 5.91. The highest BCUT2D eigenvalue weighted by Crippen LogP contribution is 1.96. The number of carbonyl (C=O) groups excluding carboxylic acids is 1. The molecule has 1 rings (SSSR count). The van der Waals surface area contributed by atoms with Crippen LogP contribution in [0, 0.1) is 0 Å². The number of rotatable bonds is 2. The summed E-state index contributed by atoms with van der Waals surface area (Å²) in [4.78, 5) is 28.1. The van der Waals surface area contributed by atoms with Crippen molar-refractivity contribution in [3.63, 3.8) is 0 Å². The number of hydrogen-bond acceptors (Lipinski definition) is 4. The summed E-state index contributed by atoms with van der Waals surface area (Å²) < 4.78 is 0. The molecule has 0 radical (unpaired) electrons. The Balaban J connectivity index is 3.01. The smallest absolute Gasteiger partial charge is 0.338 e. The molecule has 0 atom stereocenters. The number of ketones is 1. The first-order chi connectivity index (χ1) is 5.61.